The second-order valence-electron chi connectivity index (χ2n) is 3.50. The smallest absolute Gasteiger partial charge is 0.356 e. The fraction of sp³-hybridized carbons (Fsp3) is 0.250. The highest BCUT2D eigenvalue weighted by molar-refractivity contribution is 5.91. The zero-order valence-electron chi connectivity index (χ0n) is 9.86. The summed E-state index contributed by atoms with van der Waals surface area (Å²) >= 11 is 0. The van der Waals surface area contributed by atoms with Gasteiger partial charge in [0.25, 0.3) is 0 Å². The highest BCUT2D eigenvalue weighted by Crippen LogP contribution is 2.10. The molecule has 1 aromatic heterocycles. The fourth-order valence-corrected chi connectivity index (χ4v) is 1.19. The van der Waals surface area contributed by atoms with E-state index in [0.717, 1.165) is 0 Å². The number of hydrogen-bond donors (Lipinski definition) is 3. The largest absolute Gasteiger partial charge is 0.476 e. The average Bonchev–Trinajstić information content (AvgIpc) is 2.27. The average molecular weight is 247 g/mol. The first kappa shape index (κ1) is 13.5. The van der Waals surface area contributed by atoms with Crippen LogP contribution >= 0.6 is 0 Å². The van der Waals surface area contributed by atoms with Gasteiger partial charge >= 0.3 is 5.97 Å². The summed E-state index contributed by atoms with van der Waals surface area (Å²) in [6.07, 6.45) is 1.85. The Morgan fingerprint density at radius 1 is 1.56 bits per heavy atom. The van der Waals surface area contributed by atoms with E-state index in [1.807, 2.05) is 0 Å². The molecule has 6 heteroatoms. The molecule has 0 atom stereocenters. The maximum atomic E-state index is 10.7. The van der Waals surface area contributed by atoms with Crippen molar-refractivity contribution in [2.45, 2.75) is 13.3 Å². The van der Waals surface area contributed by atoms with Crippen LogP contribution < -0.4 is 11.1 Å². The fourth-order valence-electron chi connectivity index (χ4n) is 1.19. The van der Waals surface area contributed by atoms with E-state index >= 15 is 0 Å². The van der Waals surface area contributed by atoms with Gasteiger partial charge in [-0.15, -0.1) is 0 Å². The molecule has 0 saturated carbocycles. The quantitative estimate of drug-likeness (QED) is 0.524. The lowest BCUT2D eigenvalue weighted by Gasteiger charge is -1.99. The lowest BCUT2D eigenvalue weighted by atomic mass is 10.2. The van der Waals surface area contributed by atoms with Crippen molar-refractivity contribution in [3.8, 4) is 11.8 Å². The standard InChI is InChI=1S/C12H13N3O3/c1-8(16)14-5-3-2-4-9-6-10(13)11(12(17)18)15-7-9/h6-7H,3,5,13H2,1H3,(H,14,16)(H,17,18). The lowest BCUT2D eigenvalue weighted by molar-refractivity contribution is -0.118. The monoisotopic (exact) mass is 247 g/mol. The molecule has 94 valence electrons. The Kier molecular flexibility index (Phi) is 4.69. The van der Waals surface area contributed by atoms with Gasteiger partial charge in [-0.05, 0) is 6.07 Å². The molecule has 4 N–H and O–H groups in total. The van der Waals surface area contributed by atoms with Crippen molar-refractivity contribution in [1.82, 2.24) is 10.3 Å². The van der Waals surface area contributed by atoms with Crippen LogP contribution in [0.5, 0.6) is 0 Å². The van der Waals surface area contributed by atoms with Gasteiger partial charge in [-0.3, -0.25) is 4.79 Å². The molecule has 0 aromatic carbocycles. The summed E-state index contributed by atoms with van der Waals surface area (Å²) in [4.78, 5) is 25.0. The predicted octanol–water partition coefficient (Wildman–Crippen LogP) is 0.240. The molecule has 0 aliphatic carbocycles. The van der Waals surface area contributed by atoms with Crippen molar-refractivity contribution >= 4 is 17.6 Å². The van der Waals surface area contributed by atoms with Crippen LogP contribution in [0, 0.1) is 11.8 Å². The molecule has 6 nitrogen and oxygen atoms in total. The Morgan fingerprint density at radius 3 is 2.83 bits per heavy atom. The van der Waals surface area contributed by atoms with Gasteiger partial charge in [0.1, 0.15) is 0 Å². The van der Waals surface area contributed by atoms with E-state index in [0.29, 0.717) is 18.5 Å². The third-order valence-electron chi connectivity index (χ3n) is 1.98. The topological polar surface area (TPSA) is 105 Å². The maximum absolute atomic E-state index is 10.7. The number of nitrogen functional groups attached to an aromatic ring is 1. The molecule has 0 aliphatic heterocycles. The highest BCUT2D eigenvalue weighted by atomic mass is 16.4. The molecule has 0 saturated heterocycles. The van der Waals surface area contributed by atoms with Crippen LogP contribution in [0.15, 0.2) is 12.3 Å². The lowest BCUT2D eigenvalue weighted by Crippen LogP contribution is -2.20. The minimum atomic E-state index is -1.17. The number of hydrogen-bond acceptors (Lipinski definition) is 4. The Hall–Kier alpha value is -2.55. The number of pyridine rings is 1. The third kappa shape index (κ3) is 4.14. The predicted molar refractivity (Wildman–Crippen MR) is 65.8 cm³/mol. The first-order valence-corrected chi connectivity index (χ1v) is 5.23. The molecular weight excluding hydrogens is 234 g/mol. The van der Waals surface area contributed by atoms with Gasteiger partial charge in [0, 0.05) is 31.6 Å². The van der Waals surface area contributed by atoms with E-state index < -0.39 is 5.97 Å². The van der Waals surface area contributed by atoms with Crippen molar-refractivity contribution in [3.63, 3.8) is 0 Å². The van der Waals surface area contributed by atoms with Crippen LogP contribution in [0.4, 0.5) is 5.69 Å². The van der Waals surface area contributed by atoms with Crippen molar-refractivity contribution < 1.29 is 14.7 Å². The molecule has 18 heavy (non-hydrogen) atoms. The summed E-state index contributed by atoms with van der Waals surface area (Å²) < 4.78 is 0. The number of carbonyl (C=O) groups is 2. The number of anilines is 1. The Bertz CT molecular complexity index is 529. The third-order valence-corrected chi connectivity index (χ3v) is 1.98. The SMILES string of the molecule is CC(=O)NCCC#Cc1cnc(C(=O)O)c(N)c1. The molecule has 0 unspecified atom stereocenters. The van der Waals surface area contributed by atoms with Gasteiger partial charge in [-0.25, -0.2) is 9.78 Å². The molecule has 1 rings (SSSR count). The van der Waals surface area contributed by atoms with Crippen LogP contribution in [0.3, 0.4) is 0 Å². The number of rotatable bonds is 3. The number of aromatic carboxylic acids is 1. The van der Waals surface area contributed by atoms with Gasteiger partial charge in [-0.1, -0.05) is 11.8 Å². The van der Waals surface area contributed by atoms with E-state index in [1.54, 1.807) is 0 Å². The Labute approximate surface area is 104 Å². The van der Waals surface area contributed by atoms with Gasteiger partial charge in [0.2, 0.25) is 5.91 Å². The zero-order chi connectivity index (χ0) is 13.5. The van der Waals surface area contributed by atoms with E-state index in [2.05, 4.69) is 22.1 Å². The number of nitrogens with one attached hydrogen (secondary N) is 1. The van der Waals surface area contributed by atoms with Crippen LogP contribution in [0.2, 0.25) is 0 Å². The summed E-state index contributed by atoms with van der Waals surface area (Å²) in [6.45, 7) is 1.90. The molecule has 0 radical (unpaired) electrons. The van der Waals surface area contributed by atoms with Gasteiger partial charge in [-0.2, -0.15) is 0 Å². The number of nitrogens with zero attached hydrogens (tertiary/aromatic N) is 1. The van der Waals surface area contributed by atoms with Gasteiger partial charge in [0.05, 0.1) is 5.69 Å². The molecule has 0 bridgehead atoms. The molecular formula is C12H13N3O3. The zero-order valence-corrected chi connectivity index (χ0v) is 9.86. The number of nitrogens with two attached hydrogens (primary N) is 1. The Morgan fingerprint density at radius 2 is 2.28 bits per heavy atom. The molecule has 0 fully saturated rings. The highest BCUT2D eigenvalue weighted by Gasteiger charge is 2.08. The number of amides is 1. The van der Waals surface area contributed by atoms with Crippen LogP contribution in [-0.4, -0.2) is 28.5 Å². The minimum Gasteiger partial charge on any atom is -0.476 e. The van der Waals surface area contributed by atoms with E-state index in [-0.39, 0.29) is 17.3 Å². The van der Waals surface area contributed by atoms with E-state index in [9.17, 15) is 9.59 Å². The molecule has 0 spiro atoms. The van der Waals surface area contributed by atoms with Crippen molar-refractivity contribution in [1.29, 1.82) is 0 Å². The molecule has 1 amide bonds. The van der Waals surface area contributed by atoms with Crippen LogP contribution in [0.25, 0.3) is 0 Å². The summed E-state index contributed by atoms with van der Waals surface area (Å²) in [7, 11) is 0. The first-order chi connectivity index (χ1) is 8.50. The number of carboxylic acids is 1. The maximum Gasteiger partial charge on any atom is 0.356 e. The van der Waals surface area contributed by atoms with Crippen molar-refractivity contribution in [2.24, 2.45) is 0 Å². The Balaban J connectivity index is 2.64. The summed E-state index contributed by atoms with van der Waals surface area (Å²) in [5.74, 6) is 4.34. The number of carboxylic acid groups (broad SMARTS) is 1. The number of aromatic nitrogens is 1. The molecule has 1 aromatic rings. The number of carbonyl (C=O) groups excluding carboxylic acids is 1. The van der Waals surface area contributed by atoms with Gasteiger partial charge < -0.3 is 16.2 Å². The van der Waals surface area contributed by atoms with Gasteiger partial charge in [0.15, 0.2) is 5.69 Å². The van der Waals surface area contributed by atoms with Crippen molar-refractivity contribution in [2.75, 3.05) is 12.3 Å². The van der Waals surface area contributed by atoms with E-state index in [1.165, 1.54) is 19.2 Å². The minimum absolute atomic E-state index is 0.0798. The normalized spacial score (nSPS) is 9.17. The second-order valence-corrected chi connectivity index (χ2v) is 3.50. The van der Waals surface area contributed by atoms with E-state index in [4.69, 9.17) is 10.8 Å². The summed E-state index contributed by atoms with van der Waals surface area (Å²) in [5.41, 5.74) is 5.96. The van der Waals surface area contributed by atoms with Crippen molar-refractivity contribution in [3.05, 3.63) is 23.5 Å². The molecule has 0 aliphatic rings. The molecule has 1 heterocycles. The van der Waals surface area contributed by atoms with Crippen LogP contribution in [0.1, 0.15) is 29.4 Å². The summed E-state index contributed by atoms with van der Waals surface area (Å²) in [5, 5.41) is 11.3. The second kappa shape index (κ2) is 6.25. The summed E-state index contributed by atoms with van der Waals surface area (Å²) in [6, 6.07) is 1.46. The van der Waals surface area contributed by atoms with Crippen LogP contribution in [-0.2, 0) is 4.79 Å². The first-order valence-electron chi connectivity index (χ1n) is 5.23.